The van der Waals surface area contributed by atoms with E-state index in [-0.39, 0.29) is 28.6 Å². The van der Waals surface area contributed by atoms with Crippen molar-refractivity contribution >= 4 is 48.7 Å². The molecule has 0 saturated carbocycles. The van der Waals surface area contributed by atoms with E-state index in [0.717, 1.165) is 24.0 Å². The molecule has 2 aromatic carbocycles. The highest BCUT2D eigenvalue weighted by molar-refractivity contribution is 7.93. The topological polar surface area (TPSA) is 119 Å². The number of nitrogens with one attached hydrogen (secondary N) is 2. The van der Waals surface area contributed by atoms with E-state index >= 15 is 0 Å². The SMILES string of the molecule is Cc1ccc(NS(=O)(=O)c2cc(S(C)(=O)=O)cc3c2OCC(=O)N3)cc1Cl. The van der Waals surface area contributed by atoms with Crippen molar-refractivity contribution in [2.45, 2.75) is 16.7 Å². The molecule has 0 bridgehead atoms. The molecule has 1 amide bonds. The van der Waals surface area contributed by atoms with Crippen molar-refractivity contribution in [2.75, 3.05) is 22.9 Å². The van der Waals surface area contributed by atoms with E-state index < -0.39 is 30.7 Å². The van der Waals surface area contributed by atoms with Crippen molar-refractivity contribution in [1.29, 1.82) is 0 Å². The zero-order chi connectivity index (χ0) is 20.0. The maximum Gasteiger partial charge on any atom is 0.265 e. The first kappa shape index (κ1) is 19.5. The van der Waals surface area contributed by atoms with Crippen molar-refractivity contribution in [1.82, 2.24) is 0 Å². The largest absolute Gasteiger partial charge is 0.480 e. The fourth-order valence-corrected chi connectivity index (χ4v) is 4.58. The second-order valence-corrected chi connectivity index (χ2v) is 10.1. The Morgan fingerprint density at radius 2 is 1.85 bits per heavy atom. The zero-order valence-electron chi connectivity index (χ0n) is 14.2. The van der Waals surface area contributed by atoms with Crippen LogP contribution in [-0.4, -0.2) is 35.6 Å². The molecule has 1 heterocycles. The molecular formula is C16H15ClN2O6S2. The van der Waals surface area contributed by atoms with Crippen LogP contribution in [0.2, 0.25) is 5.02 Å². The van der Waals surface area contributed by atoms with Gasteiger partial charge in [-0.1, -0.05) is 17.7 Å². The molecular weight excluding hydrogens is 416 g/mol. The molecule has 1 aliphatic rings. The predicted octanol–water partition coefficient (Wildman–Crippen LogP) is 2.18. The molecule has 27 heavy (non-hydrogen) atoms. The van der Waals surface area contributed by atoms with Gasteiger partial charge in [-0.2, -0.15) is 0 Å². The Morgan fingerprint density at radius 3 is 2.48 bits per heavy atom. The Labute approximate surface area is 161 Å². The Bertz CT molecular complexity index is 1160. The van der Waals surface area contributed by atoms with Crippen molar-refractivity contribution in [2.24, 2.45) is 0 Å². The van der Waals surface area contributed by atoms with Gasteiger partial charge in [-0.15, -0.1) is 0 Å². The number of anilines is 2. The van der Waals surface area contributed by atoms with Crippen molar-refractivity contribution in [3.8, 4) is 5.75 Å². The monoisotopic (exact) mass is 430 g/mol. The van der Waals surface area contributed by atoms with Crippen molar-refractivity contribution in [3.63, 3.8) is 0 Å². The summed E-state index contributed by atoms with van der Waals surface area (Å²) in [5.41, 5.74) is 0.933. The van der Waals surface area contributed by atoms with Crippen LogP contribution < -0.4 is 14.8 Å². The van der Waals surface area contributed by atoms with Gasteiger partial charge in [-0.05, 0) is 36.8 Å². The van der Waals surface area contributed by atoms with Crippen LogP contribution in [-0.2, 0) is 24.7 Å². The van der Waals surface area contributed by atoms with Gasteiger partial charge >= 0.3 is 0 Å². The second-order valence-electron chi connectivity index (χ2n) is 5.98. The first-order chi connectivity index (χ1) is 12.5. The van der Waals surface area contributed by atoms with Gasteiger partial charge < -0.3 is 10.1 Å². The normalized spacial score (nSPS) is 14.1. The average molecular weight is 431 g/mol. The quantitative estimate of drug-likeness (QED) is 0.767. The number of fused-ring (bicyclic) bond motifs is 1. The van der Waals surface area contributed by atoms with E-state index in [0.29, 0.717) is 5.02 Å². The predicted molar refractivity (Wildman–Crippen MR) is 101 cm³/mol. The third kappa shape index (κ3) is 4.02. The number of ether oxygens (including phenoxy) is 1. The Balaban J connectivity index is 2.14. The molecule has 8 nitrogen and oxygen atoms in total. The van der Waals surface area contributed by atoms with Crippen LogP contribution in [0.25, 0.3) is 0 Å². The fourth-order valence-electron chi connectivity index (χ4n) is 2.42. The van der Waals surface area contributed by atoms with Crippen LogP contribution in [0.4, 0.5) is 11.4 Å². The summed E-state index contributed by atoms with van der Waals surface area (Å²) in [4.78, 5) is 10.9. The second kappa shape index (κ2) is 6.70. The Kier molecular flexibility index (Phi) is 4.83. The lowest BCUT2D eigenvalue weighted by molar-refractivity contribution is -0.118. The van der Waals surface area contributed by atoms with E-state index in [1.807, 2.05) is 0 Å². The van der Waals surface area contributed by atoms with Gasteiger partial charge in [-0.3, -0.25) is 9.52 Å². The highest BCUT2D eigenvalue weighted by Crippen LogP contribution is 2.38. The number of benzene rings is 2. The number of carbonyl (C=O) groups is 1. The van der Waals surface area contributed by atoms with Gasteiger partial charge in [0, 0.05) is 11.3 Å². The lowest BCUT2D eigenvalue weighted by Gasteiger charge is -2.22. The summed E-state index contributed by atoms with van der Waals surface area (Å²) in [6, 6.07) is 6.74. The summed E-state index contributed by atoms with van der Waals surface area (Å²) in [6.45, 7) is 1.38. The smallest absolute Gasteiger partial charge is 0.265 e. The van der Waals surface area contributed by atoms with Gasteiger partial charge in [0.25, 0.3) is 15.9 Å². The van der Waals surface area contributed by atoms with E-state index in [1.54, 1.807) is 13.0 Å². The first-order valence-corrected chi connectivity index (χ1v) is 11.3. The fraction of sp³-hybridized carbons (Fsp3) is 0.188. The third-order valence-electron chi connectivity index (χ3n) is 3.79. The molecule has 3 rings (SSSR count). The van der Waals surface area contributed by atoms with Gasteiger partial charge in [-0.25, -0.2) is 16.8 Å². The number of amides is 1. The maximum absolute atomic E-state index is 12.9. The Morgan fingerprint density at radius 1 is 1.15 bits per heavy atom. The first-order valence-electron chi connectivity index (χ1n) is 7.57. The minimum absolute atomic E-state index is 0.0310. The minimum Gasteiger partial charge on any atom is -0.480 e. The van der Waals surface area contributed by atoms with E-state index in [9.17, 15) is 21.6 Å². The highest BCUT2D eigenvalue weighted by atomic mass is 35.5. The number of rotatable bonds is 4. The van der Waals surface area contributed by atoms with E-state index in [2.05, 4.69) is 10.0 Å². The van der Waals surface area contributed by atoms with Crippen LogP contribution in [0.1, 0.15) is 5.56 Å². The standard InChI is InChI=1S/C16H15ClN2O6S2/c1-9-3-4-10(5-12(9)17)19-27(23,24)14-7-11(26(2,21)22)6-13-16(14)25-8-15(20)18-13/h3-7,19H,8H2,1-2H3,(H,18,20). The van der Waals surface area contributed by atoms with Crippen LogP contribution in [0.15, 0.2) is 40.1 Å². The molecule has 0 radical (unpaired) electrons. The molecule has 2 aromatic rings. The van der Waals surface area contributed by atoms with Gasteiger partial charge in [0.05, 0.1) is 16.3 Å². The molecule has 0 spiro atoms. The van der Waals surface area contributed by atoms with Crippen LogP contribution >= 0.6 is 11.6 Å². The molecule has 1 aliphatic heterocycles. The summed E-state index contributed by atoms with van der Waals surface area (Å²) >= 11 is 6.02. The summed E-state index contributed by atoms with van der Waals surface area (Å²) < 4.78 is 57.2. The highest BCUT2D eigenvalue weighted by Gasteiger charge is 2.29. The number of carbonyl (C=O) groups excluding carboxylic acids is 1. The summed E-state index contributed by atoms with van der Waals surface area (Å²) in [7, 11) is -7.98. The maximum atomic E-state index is 12.9. The van der Waals surface area contributed by atoms with E-state index in [1.165, 1.54) is 12.1 Å². The lowest BCUT2D eigenvalue weighted by atomic mass is 10.2. The summed E-state index contributed by atoms with van der Waals surface area (Å²) in [5, 5.41) is 2.79. The van der Waals surface area contributed by atoms with Gasteiger partial charge in [0.2, 0.25) is 0 Å². The molecule has 0 fully saturated rings. The number of hydrogen-bond donors (Lipinski definition) is 2. The summed E-state index contributed by atoms with van der Waals surface area (Å²) in [6.07, 6.45) is 0.934. The number of hydrogen-bond acceptors (Lipinski definition) is 6. The van der Waals surface area contributed by atoms with Crippen LogP contribution in [0.3, 0.4) is 0 Å². The minimum atomic E-state index is -4.23. The summed E-state index contributed by atoms with van der Waals surface area (Å²) in [5.74, 6) is -0.650. The number of halogens is 1. The molecule has 0 aromatic heterocycles. The molecule has 0 saturated heterocycles. The molecule has 11 heteroatoms. The van der Waals surface area contributed by atoms with E-state index in [4.69, 9.17) is 16.3 Å². The number of aryl methyl sites for hydroxylation is 1. The average Bonchev–Trinajstić information content (AvgIpc) is 2.55. The molecule has 2 N–H and O–H groups in total. The Hall–Kier alpha value is -2.30. The zero-order valence-corrected chi connectivity index (χ0v) is 16.6. The number of sulfonamides is 1. The van der Waals surface area contributed by atoms with Gasteiger partial charge in [0.15, 0.2) is 22.2 Å². The lowest BCUT2D eigenvalue weighted by Crippen LogP contribution is -2.27. The molecule has 0 unspecified atom stereocenters. The number of sulfone groups is 1. The third-order valence-corrected chi connectivity index (χ3v) is 6.68. The molecule has 0 aliphatic carbocycles. The van der Waals surface area contributed by atoms with Crippen LogP contribution in [0, 0.1) is 6.92 Å². The molecule has 0 atom stereocenters. The van der Waals surface area contributed by atoms with Crippen molar-refractivity contribution in [3.05, 3.63) is 40.9 Å². The van der Waals surface area contributed by atoms with Crippen LogP contribution in [0.5, 0.6) is 5.75 Å². The van der Waals surface area contributed by atoms with Gasteiger partial charge in [0.1, 0.15) is 4.90 Å². The van der Waals surface area contributed by atoms with Crippen molar-refractivity contribution < 1.29 is 26.4 Å². The molecule has 144 valence electrons.